The minimum absolute atomic E-state index is 0.294. The fraction of sp³-hybridized carbons (Fsp3) is 0.222. The molecule has 25 heavy (non-hydrogen) atoms. The van der Waals surface area contributed by atoms with E-state index in [2.05, 4.69) is 15.4 Å². The maximum Gasteiger partial charge on any atom is 0.339 e. The Morgan fingerprint density at radius 2 is 1.80 bits per heavy atom. The zero-order chi connectivity index (χ0) is 18.1. The molecule has 0 aromatic heterocycles. The van der Waals surface area contributed by atoms with Gasteiger partial charge in [0, 0.05) is 6.54 Å². The van der Waals surface area contributed by atoms with Crippen molar-refractivity contribution in [3.05, 3.63) is 59.1 Å². The molecule has 2 amide bonds. The molecule has 2 aromatic rings. The Morgan fingerprint density at radius 1 is 1.08 bits per heavy atom. The summed E-state index contributed by atoms with van der Waals surface area (Å²) >= 11 is 5.99. The molecule has 0 spiro atoms. The van der Waals surface area contributed by atoms with Gasteiger partial charge in [-0.2, -0.15) is 0 Å². The lowest BCUT2D eigenvalue weighted by molar-refractivity contribution is 0.0602. The number of carbonyl (C=O) groups is 2. The van der Waals surface area contributed by atoms with Gasteiger partial charge in [0.05, 0.1) is 30.0 Å². The second kappa shape index (κ2) is 9.54. The maximum absolute atomic E-state index is 11.9. The van der Waals surface area contributed by atoms with Gasteiger partial charge in [0.1, 0.15) is 5.75 Å². The predicted molar refractivity (Wildman–Crippen MR) is 96.4 cm³/mol. The molecular formula is C18H19ClN2O4. The second-order valence-electron chi connectivity index (χ2n) is 5.05. The smallest absolute Gasteiger partial charge is 0.339 e. The first-order valence-corrected chi connectivity index (χ1v) is 8.09. The third-order valence-electron chi connectivity index (χ3n) is 3.28. The Kier molecular flexibility index (Phi) is 7.10. The SMILES string of the molecule is COC(=O)c1ccccc1NC(=O)NCCCOc1ccccc1Cl. The van der Waals surface area contributed by atoms with Crippen LogP contribution in [0.1, 0.15) is 16.8 Å². The first-order chi connectivity index (χ1) is 12.1. The van der Waals surface area contributed by atoms with Gasteiger partial charge in [-0.25, -0.2) is 9.59 Å². The van der Waals surface area contributed by atoms with Crippen LogP contribution in [-0.2, 0) is 4.74 Å². The van der Waals surface area contributed by atoms with Crippen molar-refractivity contribution in [1.82, 2.24) is 5.32 Å². The van der Waals surface area contributed by atoms with Gasteiger partial charge in [0.15, 0.2) is 0 Å². The van der Waals surface area contributed by atoms with E-state index in [0.29, 0.717) is 41.6 Å². The van der Waals surface area contributed by atoms with Gasteiger partial charge in [-0.3, -0.25) is 0 Å². The Labute approximate surface area is 151 Å². The summed E-state index contributed by atoms with van der Waals surface area (Å²) in [4.78, 5) is 23.6. The number of nitrogens with one attached hydrogen (secondary N) is 2. The standard InChI is InChI=1S/C18H19ClN2O4/c1-24-17(22)13-7-2-4-9-15(13)21-18(23)20-11-6-12-25-16-10-5-3-8-14(16)19/h2-5,7-10H,6,11-12H2,1H3,(H2,20,21,23). The van der Waals surface area contributed by atoms with Crippen LogP contribution in [-0.4, -0.2) is 32.3 Å². The number of methoxy groups -OCH3 is 1. The number of ether oxygens (including phenoxy) is 2. The highest BCUT2D eigenvalue weighted by Gasteiger charge is 2.12. The third kappa shape index (κ3) is 5.69. The van der Waals surface area contributed by atoms with Crippen LogP contribution >= 0.6 is 11.6 Å². The molecule has 0 unspecified atom stereocenters. The van der Waals surface area contributed by atoms with Crippen LogP contribution in [0.3, 0.4) is 0 Å². The summed E-state index contributed by atoms with van der Waals surface area (Å²) in [6.07, 6.45) is 0.608. The first kappa shape index (κ1) is 18.6. The van der Waals surface area contributed by atoms with Crippen molar-refractivity contribution >= 4 is 29.3 Å². The van der Waals surface area contributed by atoms with Crippen LogP contribution in [0.2, 0.25) is 5.02 Å². The maximum atomic E-state index is 11.9. The van der Waals surface area contributed by atoms with Crippen molar-refractivity contribution in [2.45, 2.75) is 6.42 Å². The lowest BCUT2D eigenvalue weighted by Gasteiger charge is -2.11. The van der Waals surface area contributed by atoms with Crippen molar-refractivity contribution in [3.8, 4) is 5.75 Å². The van der Waals surface area contributed by atoms with Gasteiger partial charge in [0.25, 0.3) is 0 Å². The summed E-state index contributed by atoms with van der Waals surface area (Å²) in [7, 11) is 1.29. The summed E-state index contributed by atoms with van der Waals surface area (Å²) in [6.45, 7) is 0.833. The monoisotopic (exact) mass is 362 g/mol. The van der Waals surface area contributed by atoms with Gasteiger partial charge in [-0.1, -0.05) is 35.9 Å². The molecule has 0 fully saturated rings. The highest BCUT2D eigenvalue weighted by Crippen LogP contribution is 2.23. The van der Waals surface area contributed by atoms with E-state index in [1.54, 1.807) is 36.4 Å². The normalized spacial score (nSPS) is 10.0. The number of esters is 1. The van der Waals surface area contributed by atoms with Gasteiger partial charge in [0.2, 0.25) is 0 Å². The topological polar surface area (TPSA) is 76.7 Å². The number of anilines is 1. The number of halogens is 1. The molecule has 0 aliphatic carbocycles. The molecular weight excluding hydrogens is 344 g/mol. The predicted octanol–water partition coefficient (Wildman–Crippen LogP) is 3.72. The minimum Gasteiger partial charge on any atom is -0.492 e. The summed E-state index contributed by atoms with van der Waals surface area (Å²) in [6, 6.07) is 13.4. The highest BCUT2D eigenvalue weighted by atomic mass is 35.5. The molecule has 0 radical (unpaired) electrons. The molecule has 0 saturated heterocycles. The molecule has 0 aliphatic rings. The number of hydrogen-bond acceptors (Lipinski definition) is 4. The summed E-state index contributed by atoms with van der Waals surface area (Å²) in [5.74, 6) is 0.102. The van der Waals surface area contributed by atoms with Gasteiger partial charge < -0.3 is 20.1 Å². The molecule has 0 atom stereocenters. The molecule has 2 N–H and O–H groups in total. The number of hydrogen-bond donors (Lipinski definition) is 2. The molecule has 132 valence electrons. The lowest BCUT2D eigenvalue weighted by atomic mass is 10.2. The van der Waals surface area contributed by atoms with Crippen LogP contribution in [0.15, 0.2) is 48.5 Å². The van der Waals surface area contributed by atoms with E-state index in [1.165, 1.54) is 7.11 Å². The highest BCUT2D eigenvalue weighted by molar-refractivity contribution is 6.32. The number of benzene rings is 2. The third-order valence-corrected chi connectivity index (χ3v) is 3.59. The largest absolute Gasteiger partial charge is 0.492 e. The quantitative estimate of drug-likeness (QED) is 0.581. The van der Waals surface area contributed by atoms with Crippen LogP contribution < -0.4 is 15.4 Å². The number of rotatable bonds is 7. The zero-order valence-corrected chi connectivity index (χ0v) is 14.5. The van der Waals surface area contributed by atoms with Crippen LogP contribution in [0.4, 0.5) is 10.5 Å². The van der Waals surface area contributed by atoms with E-state index >= 15 is 0 Å². The van der Waals surface area contributed by atoms with E-state index in [4.69, 9.17) is 16.3 Å². The van der Waals surface area contributed by atoms with Gasteiger partial charge >= 0.3 is 12.0 Å². The van der Waals surface area contributed by atoms with Gasteiger partial charge in [-0.15, -0.1) is 0 Å². The summed E-state index contributed by atoms with van der Waals surface area (Å²) in [5.41, 5.74) is 0.682. The number of amides is 2. The Bertz CT molecular complexity index is 737. The molecule has 7 heteroatoms. The van der Waals surface area contributed by atoms with Crippen molar-refractivity contribution < 1.29 is 19.1 Å². The molecule has 0 heterocycles. The Morgan fingerprint density at radius 3 is 2.56 bits per heavy atom. The van der Waals surface area contributed by atoms with E-state index in [-0.39, 0.29) is 0 Å². The Balaban J connectivity index is 1.75. The van der Waals surface area contributed by atoms with Crippen LogP contribution in [0.5, 0.6) is 5.75 Å². The average molecular weight is 363 g/mol. The van der Waals surface area contributed by atoms with E-state index in [0.717, 1.165) is 0 Å². The first-order valence-electron chi connectivity index (χ1n) is 7.71. The van der Waals surface area contributed by atoms with Crippen molar-refractivity contribution in [1.29, 1.82) is 0 Å². The molecule has 0 saturated carbocycles. The van der Waals surface area contributed by atoms with Crippen LogP contribution in [0.25, 0.3) is 0 Å². The fourth-order valence-corrected chi connectivity index (χ4v) is 2.25. The molecule has 6 nitrogen and oxygen atoms in total. The van der Waals surface area contributed by atoms with Crippen molar-refractivity contribution in [3.63, 3.8) is 0 Å². The lowest BCUT2D eigenvalue weighted by Crippen LogP contribution is -2.30. The second-order valence-corrected chi connectivity index (χ2v) is 5.46. The number of urea groups is 1. The van der Waals surface area contributed by atoms with Crippen molar-refractivity contribution in [2.24, 2.45) is 0 Å². The molecule has 2 rings (SSSR count). The van der Waals surface area contributed by atoms with Crippen LogP contribution in [0, 0.1) is 0 Å². The minimum atomic E-state index is -0.510. The molecule has 0 aliphatic heterocycles. The van der Waals surface area contributed by atoms with E-state index in [1.807, 2.05) is 12.1 Å². The van der Waals surface area contributed by atoms with E-state index < -0.39 is 12.0 Å². The van der Waals surface area contributed by atoms with E-state index in [9.17, 15) is 9.59 Å². The average Bonchev–Trinajstić information content (AvgIpc) is 2.62. The summed E-state index contributed by atoms with van der Waals surface area (Å²) < 4.78 is 10.2. The number of para-hydroxylation sites is 2. The molecule has 0 bridgehead atoms. The number of carbonyl (C=O) groups excluding carboxylic acids is 2. The zero-order valence-electron chi connectivity index (χ0n) is 13.8. The Hall–Kier alpha value is -2.73. The summed E-state index contributed by atoms with van der Waals surface area (Å²) in [5, 5.41) is 5.88. The van der Waals surface area contributed by atoms with Gasteiger partial charge in [-0.05, 0) is 30.7 Å². The fourth-order valence-electron chi connectivity index (χ4n) is 2.06. The molecule has 2 aromatic carbocycles. The van der Waals surface area contributed by atoms with Crippen molar-refractivity contribution in [2.75, 3.05) is 25.6 Å².